The topological polar surface area (TPSA) is 73.7 Å². The average Bonchev–Trinajstić information content (AvgIpc) is 3.03. The van der Waals surface area contributed by atoms with E-state index in [1.165, 1.54) is 0 Å². The Kier molecular flexibility index (Phi) is 5.27. The maximum Gasteiger partial charge on any atom is 0.254 e. The van der Waals surface area contributed by atoms with Gasteiger partial charge in [0.1, 0.15) is 0 Å². The van der Waals surface area contributed by atoms with Crippen molar-refractivity contribution in [3.05, 3.63) is 35.4 Å². The van der Waals surface area contributed by atoms with Gasteiger partial charge in [0.25, 0.3) is 5.91 Å². The zero-order valence-electron chi connectivity index (χ0n) is 15.8. The molecule has 4 rings (SSSR count). The standard InChI is InChI=1S/C20H29N3O3S/c21-27(25)13-3-7-20(16-27)6-2-8-23(20)19(24)18-5-1-4-17(14-18)15-22-9-11-26-12-10-22/h1,4-5,14,21H,2-3,6-13,15-16H2. The molecule has 0 saturated carbocycles. The summed E-state index contributed by atoms with van der Waals surface area (Å²) in [5.74, 6) is 0.860. The van der Waals surface area contributed by atoms with Crippen molar-refractivity contribution in [1.82, 2.24) is 9.80 Å². The molecule has 1 aromatic rings. The fourth-order valence-corrected chi connectivity index (χ4v) is 6.92. The first-order valence-corrected chi connectivity index (χ1v) is 11.8. The summed E-state index contributed by atoms with van der Waals surface area (Å²) in [6.45, 7) is 4.91. The van der Waals surface area contributed by atoms with Gasteiger partial charge in [0, 0.05) is 47.2 Å². The Morgan fingerprint density at radius 1 is 1.19 bits per heavy atom. The van der Waals surface area contributed by atoms with Crippen molar-refractivity contribution in [2.75, 3.05) is 44.4 Å². The number of carbonyl (C=O) groups excluding carboxylic acids is 1. The second kappa shape index (κ2) is 7.53. The number of hydrogen-bond acceptors (Lipinski definition) is 5. The van der Waals surface area contributed by atoms with Gasteiger partial charge >= 0.3 is 0 Å². The summed E-state index contributed by atoms with van der Waals surface area (Å²) in [4.78, 5) is 17.6. The van der Waals surface area contributed by atoms with Crippen LogP contribution in [0.2, 0.25) is 0 Å². The van der Waals surface area contributed by atoms with E-state index in [1.54, 1.807) is 0 Å². The highest BCUT2D eigenvalue weighted by molar-refractivity contribution is 7.92. The minimum Gasteiger partial charge on any atom is -0.379 e. The molecule has 1 spiro atoms. The zero-order valence-corrected chi connectivity index (χ0v) is 16.6. The number of hydrogen-bond donors (Lipinski definition) is 1. The highest BCUT2D eigenvalue weighted by Gasteiger charge is 2.47. The molecule has 1 amide bonds. The van der Waals surface area contributed by atoms with Crippen molar-refractivity contribution in [1.29, 1.82) is 4.78 Å². The number of nitrogens with one attached hydrogen (secondary N) is 1. The number of ether oxygens (including phenoxy) is 1. The molecule has 7 heteroatoms. The van der Waals surface area contributed by atoms with Gasteiger partial charge in [0.15, 0.2) is 0 Å². The number of benzene rings is 1. The summed E-state index contributed by atoms with van der Waals surface area (Å²) in [5.41, 5.74) is 1.49. The number of likely N-dealkylation sites (tertiary alicyclic amines) is 1. The van der Waals surface area contributed by atoms with Gasteiger partial charge in [-0.05, 0) is 43.4 Å². The van der Waals surface area contributed by atoms with E-state index >= 15 is 0 Å². The number of carbonyl (C=O) groups is 1. The lowest BCUT2D eigenvalue weighted by Gasteiger charge is -2.42. The first-order chi connectivity index (χ1) is 13.0. The lowest BCUT2D eigenvalue weighted by atomic mass is 9.91. The lowest BCUT2D eigenvalue weighted by Crippen LogP contribution is -2.54. The van der Waals surface area contributed by atoms with Crippen LogP contribution in [0.25, 0.3) is 0 Å². The Morgan fingerprint density at radius 3 is 2.74 bits per heavy atom. The van der Waals surface area contributed by atoms with E-state index in [1.807, 2.05) is 23.1 Å². The zero-order chi connectivity index (χ0) is 18.9. The number of nitrogens with zero attached hydrogens (tertiary/aromatic N) is 2. The Morgan fingerprint density at radius 2 is 1.96 bits per heavy atom. The predicted octanol–water partition coefficient (Wildman–Crippen LogP) is 2.33. The van der Waals surface area contributed by atoms with E-state index in [4.69, 9.17) is 9.52 Å². The SMILES string of the molecule is N=S1(=O)CCCC2(CCCN2C(=O)c2cccc(CN3CCOCC3)c2)C1. The third-order valence-corrected chi connectivity index (χ3v) is 8.10. The highest BCUT2D eigenvalue weighted by Crippen LogP contribution is 2.39. The quantitative estimate of drug-likeness (QED) is 0.858. The van der Waals surface area contributed by atoms with Crippen LogP contribution >= 0.6 is 0 Å². The van der Waals surface area contributed by atoms with Crippen LogP contribution in [0.4, 0.5) is 0 Å². The van der Waals surface area contributed by atoms with E-state index < -0.39 is 9.73 Å². The van der Waals surface area contributed by atoms with Crippen molar-refractivity contribution in [3.8, 4) is 0 Å². The molecule has 0 bridgehead atoms. The van der Waals surface area contributed by atoms with Gasteiger partial charge in [-0.15, -0.1) is 0 Å². The fraction of sp³-hybridized carbons (Fsp3) is 0.650. The van der Waals surface area contributed by atoms with Gasteiger partial charge in [-0.2, -0.15) is 0 Å². The minimum atomic E-state index is -2.56. The molecule has 3 aliphatic rings. The van der Waals surface area contributed by atoms with E-state index in [-0.39, 0.29) is 11.4 Å². The van der Waals surface area contributed by atoms with Crippen LogP contribution in [0.1, 0.15) is 41.6 Å². The molecule has 3 fully saturated rings. The maximum absolute atomic E-state index is 13.3. The third-order valence-electron chi connectivity index (χ3n) is 6.14. The van der Waals surface area contributed by atoms with Gasteiger partial charge in [-0.3, -0.25) is 14.5 Å². The monoisotopic (exact) mass is 391 g/mol. The molecule has 0 aromatic heterocycles. The molecule has 1 N–H and O–H groups in total. The second-order valence-corrected chi connectivity index (χ2v) is 10.5. The number of morpholine rings is 1. The summed E-state index contributed by atoms with van der Waals surface area (Å²) in [6.07, 6.45) is 3.47. The molecule has 2 unspecified atom stereocenters. The van der Waals surface area contributed by atoms with Crippen LogP contribution in [0.3, 0.4) is 0 Å². The average molecular weight is 392 g/mol. The molecule has 27 heavy (non-hydrogen) atoms. The van der Waals surface area contributed by atoms with Crippen LogP contribution in [0.15, 0.2) is 24.3 Å². The van der Waals surface area contributed by atoms with Gasteiger partial charge in [-0.1, -0.05) is 12.1 Å². The smallest absolute Gasteiger partial charge is 0.254 e. The normalized spacial score (nSPS) is 32.1. The fourth-order valence-electron chi connectivity index (χ4n) is 4.85. The van der Waals surface area contributed by atoms with E-state index in [2.05, 4.69) is 11.0 Å². The van der Waals surface area contributed by atoms with Crippen molar-refractivity contribution in [2.24, 2.45) is 0 Å². The van der Waals surface area contributed by atoms with Crippen molar-refractivity contribution < 1.29 is 13.7 Å². The first kappa shape index (κ1) is 18.9. The van der Waals surface area contributed by atoms with Crippen molar-refractivity contribution in [2.45, 2.75) is 37.8 Å². The molecule has 1 aromatic carbocycles. The lowest BCUT2D eigenvalue weighted by molar-refractivity contribution is 0.0341. The summed E-state index contributed by atoms with van der Waals surface area (Å²) in [6, 6.07) is 7.92. The van der Waals surface area contributed by atoms with Crippen LogP contribution in [-0.2, 0) is 21.0 Å². The second-order valence-electron chi connectivity index (χ2n) is 8.14. The number of amides is 1. The van der Waals surface area contributed by atoms with E-state index in [0.717, 1.165) is 64.1 Å². The molecule has 0 radical (unpaired) electrons. The number of rotatable bonds is 3. The molecule has 148 valence electrons. The minimum absolute atomic E-state index is 0.0356. The molecule has 2 atom stereocenters. The summed E-state index contributed by atoms with van der Waals surface area (Å²) in [5, 5.41) is 0. The summed E-state index contributed by atoms with van der Waals surface area (Å²) < 4.78 is 26.0. The molecule has 6 nitrogen and oxygen atoms in total. The van der Waals surface area contributed by atoms with Crippen molar-refractivity contribution in [3.63, 3.8) is 0 Å². The maximum atomic E-state index is 13.3. The van der Waals surface area contributed by atoms with Crippen LogP contribution in [-0.4, -0.2) is 69.8 Å². The molecule has 3 heterocycles. The van der Waals surface area contributed by atoms with Gasteiger partial charge in [0.05, 0.1) is 24.5 Å². The van der Waals surface area contributed by atoms with Crippen LogP contribution in [0.5, 0.6) is 0 Å². The van der Waals surface area contributed by atoms with Gasteiger partial charge in [0.2, 0.25) is 0 Å². The Labute approximate surface area is 161 Å². The Balaban J connectivity index is 1.52. The molecular formula is C20H29N3O3S. The predicted molar refractivity (Wildman–Crippen MR) is 105 cm³/mol. The van der Waals surface area contributed by atoms with E-state index in [9.17, 15) is 9.00 Å². The largest absolute Gasteiger partial charge is 0.379 e. The van der Waals surface area contributed by atoms with Gasteiger partial charge < -0.3 is 9.64 Å². The Bertz CT molecular complexity index is 804. The van der Waals surface area contributed by atoms with Crippen LogP contribution in [0, 0.1) is 4.78 Å². The molecule has 3 saturated heterocycles. The first-order valence-electron chi connectivity index (χ1n) is 9.93. The third kappa shape index (κ3) is 4.05. The molecule has 0 aliphatic carbocycles. The summed E-state index contributed by atoms with van der Waals surface area (Å²) >= 11 is 0. The van der Waals surface area contributed by atoms with Crippen molar-refractivity contribution >= 4 is 15.6 Å². The van der Waals surface area contributed by atoms with Gasteiger partial charge in [-0.25, -0.2) is 4.21 Å². The molecule has 3 aliphatic heterocycles. The Hall–Kier alpha value is -1.44. The summed E-state index contributed by atoms with van der Waals surface area (Å²) in [7, 11) is -2.56. The highest BCUT2D eigenvalue weighted by atomic mass is 32.2. The van der Waals surface area contributed by atoms with Crippen LogP contribution < -0.4 is 0 Å². The molecular weight excluding hydrogens is 362 g/mol. The van der Waals surface area contributed by atoms with E-state index in [0.29, 0.717) is 23.6 Å².